The van der Waals surface area contributed by atoms with Gasteiger partial charge in [0.25, 0.3) is 0 Å². The molecule has 1 aromatic carbocycles. The average Bonchev–Trinajstić information content (AvgIpc) is 2.31. The fraction of sp³-hybridized carbons (Fsp3) is 0.538. The molecular weight excluding hydrogens is 216 g/mol. The smallest absolute Gasteiger partial charge is 0.0532 e. The Morgan fingerprint density at radius 1 is 1.25 bits per heavy atom. The lowest BCUT2D eigenvalue weighted by Crippen LogP contribution is -2.54. The van der Waals surface area contributed by atoms with Crippen molar-refractivity contribution in [2.45, 2.75) is 24.3 Å². The highest BCUT2D eigenvalue weighted by Crippen LogP contribution is 2.25. The molecule has 16 heavy (non-hydrogen) atoms. The van der Waals surface area contributed by atoms with Crippen LogP contribution in [0, 0.1) is 0 Å². The molecule has 1 heterocycles. The van der Waals surface area contributed by atoms with Crippen LogP contribution in [0.2, 0.25) is 0 Å². The number of piperazine rings is 1. The van der Waals surface area contributed by atoms with E-state index in [2.05, 4.69) is 48.7 Å². The zero-order chi connectivity index (χ0) is 11.4. The van der Waals surface area contributed by atoms with Gasteiger partial charge in [-0.05, 0) is 30.4 Å². The van der Waals surface area contributed by atoms with Gasteiger partial charge in [-0.3, -0.25) is 0 Å². The Labute approximate surface area is 102 Å². The Bertz CT molecular complexity index is 328. The van der Waals surface area contributed by atoms with Crippen LogP contribution in [0.1, 0.15) is 19.4 Å². The number of rotatable bonds is 3. The molecule has 1 atom stereocenters. The fourth-order valence-electron chi connectivity index (χ4n) is 2.12. The topological polar surface area (TPSA) is 24.1 Å². The van der Waals surface area contributed by atoms with E-state index in [-0.39, 0.29) is 5.54 Å². The van der Waals surface area contributed by atoms with E-state index in [0.29, 0.717) is 0 Å². The molecule has 2 N–H and O–H groups in total. The second-order valence-electron chi connectivity index (χ2n) is 4.39. The van der Waals surface area contributed by atoms with Crippen molar-refractivity contribution in [3.63, 3.8) is 0 Å². The van der Waals surface area contributed by atoms with Crippen LogP contribution in [-0.2, 0) is 5.54 Å². The van der Waals surface area contributed by atoms with Gasteiger partial charge >= 0.3 is 0 Å². The van der Waals surface area contributed by atoms with Crippen LogP contribution in [0.4, 0.5) is 0 Å². The SMILES string of the molecule is CCSc1ccc(C2(C)CNCCN2)cc1. The van der Waals surface area contributed by atoms with Gasteiger partial charge < -0.3 is 10.6 Å². The zero-order valence-electron chi connectivity index (χ0n) is 10.0. The number of hydrogen-bond acceptors (Lipinski definition) is 3. The van der Waals surface area contributed by atoms with Crippen LogP contribution in [0.5, 0.6) is 0 Å². The summed E-state index contributed by atoms with van der Waals surface area (Å²) in [5.74, 6) is 1.14. The third kappa shape index (κ3) is 2.59. The lowest BCUT2D eigenvalue weighted by atomic mass is 9.90. The molecule has 1 aliphatic heterocycles. The Kier molecular flexibility index (Phi) is 3.90. The molecule has 0 aliphatic carbocycles. The van der Waals surface area contributed by atoms with Crippen molar-refractivity contribution in [2.75, 3.05) is 25.4 Å². The van der Waals surface area contributed by atoms with E-state index < -0.39 is 0 Å². The van der Waals surface area contributed by atoms with Gasteiger partial charge in [0, 0.05) is 24.5 Å². The summed E-state index contributed by atoms with van der Waals surface area (Å²) in [4.78, 5) is 1.36. The largest absolute Gasteiger partial charge is 0.313 e. The van der Waals surface area contributed by atoms with E-state index in [0.717, 1.165) is 25.4 Å². The number of nitrogens with one attached hydrogen (secondary N) is 2. The van der Waals surface area contributed by atoms with Gasteiger partial charge in [0.2, 0.25) is 0 Å². The number of thioether (sulfide) groups is 1. The fourth-order valence-corrected chi connectivity index (χ4v) is 2.78. The normalized spacial score (nSPS) is 25.6. The lowest BCUT2D eigenvalue weighted by molar-refractivity contribution is 0.303. The van der Waals surface area contributed by atoms with Crippen molar-refractivity contribution in [2.24, 2.45) is 0 Å². The van der Waals surface area contributed by atoms with Crippen molar-refractivity contribution < 1.29 is 0 Å². The maximum Gasteiger partial charge on any atom is 0.0532 e. The standard InChI is InChI=1S/C13H20N2S/c1-3-16-12-6-4-11(5-7-12)13(2)10-14-8-9-15-13/h4-7,14-15H,3,8-10H2,1-2H3. The van der Waals surface area contributed by atoms with Crippen LogP contribution in [0.3, 0.4) is 0 Å². The molecule has 1 aliphatic rings. The molecule has 0 bridgehead atoms. The molecule has 1 fully saturated rings. The van der Waals surface area contributed by atoms with Gasteiger partial charge in [0.1, 0.15) is 0 Å². The van der Waals surface area contributed by atoms with E-state index in [1.165, 1.54) is 10.5 Å². The first kappa shape index (κ1) is 12.0. The molecule has 0 aromatic heterocycles. The van der Waals surface area contributed by atoms with E-state index in [1.54, 1.807) is 0 Å². The predicted molar refractivity (Wildman–Crippen MR) is 71.1 cm³/mol. The monoisotopic (exact) mass is 236 g/mol. The highest BCUT2D eigenvalue weighted by atomic mass is 32.2. The van der Waals surface area contributed by atoms with Crippen LogP contribution in [0.15, 0.2) is 29.2 Å². The maximum atomic E-state index is 3.59. The molecule has 1 saturated heterocycles. The predicted octanol–water partition coefficient (Wildman–Crippen LogP) is 2.21. The van der Waals surface area contributed by atoms with Crippen LogP contribution >= 0.6 is 11.8 Å². The summed E-state index contributed by atoms with van der Waals surface area (Å²) in [7, 11) is 0. The van der Waals surface area contributed by atoms with Crippen LogP contribution in [0.25, 0.3) is 0 Å². The molecule has 2 rings (SSSR count). The molecule has 0 saturated carbocycles. The van der Waals surface area contributed by atoms with Crippen LogP contribution < -0.4 is 10.6 Å². The van der Waals surface area contributed by atoms with E-state index in [1.807, 2.05) is 11.8 Å². The molecular formula is C13H20N2S. The van der Waals surface area contributed by atoms with E-state index in [4.69, 9.17) is 0 Å². The molecule has 88 valence electrons. The summed E-state index contributed by atoms with van der Waals surface area (Å²) in [6, 6.07) is 8.95. The third-order valence-corrected chi connectivity index (χ3v) is 3.99. The Morgan fingerprint density at radius 3 is 2.56 bits per heavy atom. The zero-order valence-corrected chi connectivity index (χ0v) is 10.9. The van der Waals surface area contributed by atoms with Gasteiger partial charge in [-0.25, -0.2) is 0 Å². The van der Waals surface area contributed by atoms with E-state index >= 15 is 0 Å². The van der Waals surface area contributed by atoms with Gasteiger partial charge in [-0.15, -0.1) is 11.8 Å². The Balaban J connectivity index is 2.13. The van der Waals surface area contributed by atoms with Gasteiger partial charge in [-0.1, -0.05) is 19.1 Å². The third-order valence-electron chi connectivity index (χ3n) is 3.10. The molecule has 1 aromatic rings. The maximum absolute atomic E-state index is 3.59. The van der Waals surface area contributed by atoms with Crippen molar-refractivity contribution in [1.82, 2.24) is 10.6 Å². The summed E-state index contributed by atoms with van der Waals surface area (Å²) in [5.41, 5.74) is 1.47. The lowest BCUT2D eigenvalue weighted by Gasteiger charge is -2.36. The molecule has 1 unspecified atom stereocenters. The highest BCUT2D eigenvalue weighted by Gasteiger charge is 2.27. The minimum absolute atomic E-state index is 0.0909. The highest BCUT2D eigenvalue weighted by molar-refractivity contribution is 7.99. The molecule has 2 nitrogen and oxygen atoms in total. The first-order valence-corrected chi connectivity index (χ1v) is 6.92. The second kappa shape index (κ2) is 5.21. The number of benzene rings is 1. The van der Waals surface area contributed by atoms with Crippen molar-refractivity contribution >= 4 is 11.8 Å². The average molecular weight is 236 g/mol. The number of hydrogen-bond donors (Lipinski definition) is 2. The summed E-state index contributed by atoms with van der Waals surface area (Å²) in [5, 5.41) is 7.04. The van der Waals surface area contributed by atoms with Gasteiger partial charge in [-0.2, -0.15) is 0 Å². The molecule has 0 amide bonds. The Hall–Kier alpha value is -0.510. The first-order chi connectivity index (χ1) is 7.74. The molecule has 3 heteroatoms. The van der Waals surface area contributed by atoms with Crippen molar-refractivity contribution in [3.05, 3.63) is 29.8 Å². The molecule has 0 spiro atoms. The minimum atomic E-state index is 0.0909. The quantitative estimate of drug-likeness (QED) is 0.787. The first-order valence-electron chi connectivity index (χ1n) is 5.94. The minimum Gasteiger partial charge on any atom is -0.313 e. The molecule has 0 radical (unpaired) electrons. The summed E-state index contributed by atoms with van der Waals surface area (Å²) >= 11 is 1.89. The summed E-state index contributed by atoms with van der Waals surface area (Å²) in [6.07, 6.45) is 0. The Morgan fingerprint density at radius 2 is 2.00 bits per heavy atom. The second-order valence-corrected chi connectivity index (χ2v) is 5.73. The van der Waals surface area contributed by atoms with Crippen molar-refractivity contribution in [1.29, 1.82) is 0 Å². The van der Waals surface area contributed by atoms with Gasteiger partial charge in [0.15, 0.2) is 0 Å². The summed E-state index contributed by atoms with van der Waals surface area (Å²) in [6.45, 7) is 7.57. The van der Waals surface area contributed by atoms with Crippen molar-refractivity contribution in [3.8, 4) is 0 Å². The summed E-state index contributed by atoms with van der Waals surface area (Å²) < 4.78 is 0. The van der Waals surface area contributed by atoms with E-state index in [9.17, 15) is 0 Å². The van der Waals surface area contributed by atoms with Crippen LogP contribution in [-0.4, -0.2) is 25.4 Å². The van der Waals surface area contributed by atoms with Gasteiger partial charge in [0.05, 0.1) is 5.54 Å².